The van der Waals surface area contributed by atoms with Crippen molar-refractivity contribution in [1.29, 1.82) is 5.26 Å². The summed E-state index contributed by atoms with van der Waals surface area (Å²) in [5.74, 6) is 0. The van der Waals surface area contributed by atoms with Gasteiger partial charge in [-0.15, -0.1) is 11.3 Å². The zero-order valence-electron chi connectivity index (χ0n) is 14.6. The van der Waals surface area contributed by atoms with Gasteiger partial charge in [-0.2, -0.15) is 5.26 Å². The molecule has 0 N–H and O–H groups in total. The average Bonchev–Trinajstić information content (AvgIpc) is 3.21. The molecule has 0 unspecified atom stereocenters. The number of aryl methyl sites for hydroxylation is 1. The van der Waals surface area contributed by atoms with Gasteiger partial charge in [0.05, 0.1) is 23.4 Å². The fraction of sp³-hybridized carbons (Fsp3) is 0.389. The minimum absolute atomic E-state index is 0.0650. The Bertz CT molecular complexity index is 950. The van der Waals surface area contributed by atoms with E-state index in [-0.39, 0.29) is 6.04 Å². The molecule has 1 aromatic heterocycles. The summed E-state index contributed by atoms with van der Waals surface area (Å²) in [4.78, 5) is 3.44. The number of anilines is 1. The zero-order valence-corrected chi connectivity index (χ0v) is 17.0. The second kappa shape index (κ2) is 7.57. The molecule has 0 aliphatic carbocycles. The molecule has 1 aromatic carbocycles. The monoisotopic (exact) mass is 409 g/mol. The third-order valence-corrected chi connectivity index (χ3v) is 7.31. The maximum atomic E-state index is 11.9. The van der Waals surface area contributed by atoms with Crippen molar-refractivity contribution in [1.82, 2.24) is 4.31 Å². The molecule has 2 heterocycles. The summed E-state index contributed by atoms with van der Waals surface area (Å²) in [5.41, 5.74) is 2.56. The molecule has 138 valence electrons. The van der Waals surface area contributed by atoms with Crippen molar-refractivity contribution in [3.05, 3.63) is 50.7 Å². The lowest BCUT2D eigenvalue weighted by molar-refractivity contribution is 0.473. The number of nitriles is 1. The summed E-state index contributed by atoms with van der Waals surface area (Å²) in [5, 5.41) is 11.6. The number of sulfonamides is 1. The molecule has 0 spiro atoms. The summed E-state index contributed by atoms with van der Waals surface area (Å²) in [6.45, 7) is 3.75. The van der Waals surface area contributed by atoms with Gasteiger partial charge in [-0.3, -0.25) is 0 Å². The molecule has 1 fully saturated rings. The second-order valence-corrected chi connectivity index (χ2v) is 9.88. The summed E-state index contributed by atoms with van der Waals surface area (Å²) in [7, 11) is -3.20. The normalized spacial score (nSPS) is 18.0. The third kappa shape index (κ3) is 4.04. The van der Waals surface area contributed by atoms with Crippen LogP contribution in [0, 0.1) is 18.3 Å². The molecule has 0 saturated carbocycles. The zero-order chi connectivity index (χ0) is 18.9. The quantitative estimate of drug-likeness (QED) is 0.756. The molecule has 8 heteroatoms. The highest BCUT2D eigenvalue weighted by atomic mass is 35.5. The molecule has 1 aliphatic heterocycles. The first-order chi connectivity index (χ1) is 12.3. The van der Waals surface area contributed by atoms with Crippen molar-refractivity contribution in [3.8, 4) is 6.07 Å². The first-order valence-corrected chi connectivity index (χ1v) is 11.3. The Morgan fingerprint density at radius 2 is 2.19 bits per heavy atom. The topological polar surface area (TPSA) is 64.4 Å². The van der Waals surface area contributed by atoms with E-state index in [1.165, 1.54) is 21.0 Å². The lowest BCUT2D eigenvalue weighted by atomic mass is 10.1. The van der Waals surface area contributed by atoms with Gasteiger partial charge in [-0.25, -0.2) is 12.7 Å². The summed E-state index contributed by atoms with van der Waals surface area (Å²) < 4.78 is 25.3. The number of benzene rings is 1. The Hall–Kier alpha value is -1.59. The molecule has 0 amide bonds. The molecule has 2 aromatic rings. The van der Waals surface area contributed by atoms with Crippen LogP contribution in [0.1, 0.15) is 22.4 Å². The maximum absolute atomic E-state index is 11.9. The van der Waals surface area contributed by atoms with Gasteiger partial charge in [0.2, 0.25) is 10.0 Å². The van der Waals surface area contributed by atoms with Gasteiger partial charge in [-0.1, -0.05) is 11.6 Å². The Kier molecular flexibility index (Phi) is 5.58. The Morgan fingerprint density at radius 3 is 2.73 bits per heavy atom. The van der Waals surface area contributed by atoms with E-state index in [1.807, 2.05) is 6.07 Å². The van der Waals surface area contributed by atoms with E-state index in [9.17, 15) is 8.42 Å². The van der Waals surface area contributed by atoms with E-state index in [4.69, 9.17) is 16.9 Å². The highest BCUT2D eigenvalue weighted by Gasteiger charge is 2.33. The van der Waals surface area contributed by atoms with E-state index in [0.29, 0.717) is 30.2 Å². The van der Waals surface area contributed by atoms with Crippen molar-refractivity contribution >= 4 is 38.6 Å². The summed E-state index contributed by atoms with van der Waals surface area (Å²) in [6, 6.07) is 9.63. The minimum Gasteiger partial charge on any atom is -0.362 e. The van der Waals surface area contributed by atoms with E-state index in [1.54, 1.807) is 23.5 Å². The van der Waals surface area contributed by atoms with Gasteiger partial charge in [0.25, 0.3) is 0 Å². The maximum Gasteiger partial charge on any atom is 0.211 e. The molecule has 1 saturated heterocycles. The lowest BCUT2D eigenvalue weighted by Crippen LogP contribution is -2.38. The Labute approximate surface area is 163 Å². The first kappa shape index (κ1) is 19.2. The van der Waals surface area contributed by atoms with Gasteiger partial charge in [0.15, 0.2) is 0 Å². The lowest BCUT2D eigenvalue weighted by Gasteiger charge is -2.31. The van der Waals surface area contributed by atoms with Crippen molar-refractivity contribution in [3.63, 3.8) is 0 Å². The fourth-order valence-corrected chi connectivity index (χ4v) is 5.19. The van der Waals surface area contributed by atoms with Gasteiger partial charge in [0.1, 0.15) is 6.07 Å². The van der Waals surface area contributed by atoms with Crippen LogP contribution < -0.4 is 4.90 Å². The van der Waals surface area contributed by atoms with Crippen LogP contribution in [0.2, 0.25) is 5.02 Å². The number of hydrogen-bond donors (Lipinski definition) is 0. The van der Waals surface area contributed by atoms with Gasteiger partial charge in [0, 0.05) is 29.7 Å². The van der Waals surface area contributed by atoms with Crippen LogP contribution in [0.5, 0.6) is 0 Å². The van der Waals surface area contributed by atoms with Crippen molar-refractivity contribution in [2.75, 3.05) is 24.2 Å². The molecule has 0 radical (unpaired) electrons. The number of nitrogens with zero attached hydrogens (tertiary/aromatic N) is 3. The van der Waals surface area contributed by atoms with E-state index >= 15 is 0 Å². The number of rotatable bonds is 5. The predicted octanol–water partition coefficient (Wildman–Crippen LogP) is 3.62. The van der Waals surface area contributed by atoms with Gasteiger partial charge >= 0.3 is 0 Å². The summed E-state index contributed by atoms with van der Waals surface area (Å²) >= 11 is 7.93. The van der Waals surface area contributed by atoms with Crippen LogP contribution in [-0.4, -0.2) is 38.1 Å². The van der Waals surface area contributed by atoms with E-state index < -0.39 is 10.0 Å². The third-order valence-electron chi connectivity index (χ3n) is 4.72. The van der Waals surface area contributed by atoms with Crippen LogP contribution in [0.4, 0.5) is 5.69 Å². The van der Waals surface area contributed by atoms with Crippen LogP contribution in [0.25, 0.3) is 0 Å². The van der Waals surface area contributed by atoms with E-state index in [0.717, 1.165) is 12.1 Å². The highest BCUT2D eigenvalue weighted by Crippen LogP contribution is 2.31. The minimum atomic E-state index is -3.20. The molecular weight excluding hydrogens is 390 g/mol. The number of halogens is 1. The SMILES string of the molecule is Cc1ccsc1CN(c1ccc(C#N)c(Cl)c1)[C@H]1CCN(S(C)(=O)=O)C1. The molecule has 1 aliphatic rings. The van der Waals surface area contributed by atoms with Crippen molar-refractivity contribution < 1.29 is 8.42 Å². The number of hydrogen-bond acceptors (Lipinski definition) is 5. The Morgan fingerprint density at radius 1 is 1.42 bits per heavy atom. The number of thiophene rings is 1. The summed E-state index contributed by atoms with van der Waals surface area (Å²) in [6.07, 6.45) is 2.01. The molecule has 0 bridgehead atoms. The highest BCUT2D eigenvalue weighted by molar-refractivity contribution is 7.88. The largest absolute Gasteiger partial charge is 0.362 e. The van der Waals surface area contributed by atoms with Crippen LogP contribution in [0.3, 0.4) is 0 Å². The molecular formula is C18H20ClN3O2S2. The van der Waals surface area contributed by atoms with Crippen LogP contribution >= 0.6 is 22.9 Å². The second-order valence-electron chi connectivity index (χ2n) is 6.49. The van der Waals surface area contributed by atoms with Gasteiger partial charge < -0.3 is 4.90 Å². The van der Waals surface area contributed by atoms with Crippen molar-refractivity contribution in [2.45, 2.75) is 25.9 Å². The van der Waals surface area contributed by atoms with Gasteiger partial charge in [-0.05, 0) is 48.6 Å². The molecule has 1 atom stereocenters. The first-order valence-electron chi connectivity index (χ1n) is 8.24. The molecule has 3 rings (SSSR count). The fourth-order valence-electron chi connectivity index (χ4n) is 3.19. The Balaban J connectivity index is 1.94. The van der Waals surface area contributed by atoms with Crippen molar-refractivity contribution in [2.24, 2.45) is 0 Å². The standard InChI is InChI=1S/C18H20ClN3O2S2/c1-13-6-8-25-18(13)12-22(15-4-3-14(10-20)17(19)9-15)16-5-7-21(11-16)26(2,23)24/h3-4,6,8-9,16H,5,7,11-12H2,1-2H3/t16-/m0/s1. The van der Waals surface area contributed by atoms with Crippen LogP contribution in [-0.2, 0) is 16.6 Å². The van der Waals surface area contributed by atoms with Crippen LogP contribution in [0.15, 0.2) is 29.6 Å². The smallest absolute Gasteiger partial charge is 0.211 e. The predicted molar refractivity (Wildman–Crippen MR) is 106 cm³/mol. The molecule has 5 nitrogen and oxygen atoms in total. The van der Waals surface area contributed by atoms with E-state index in [2.05, 4.69) is 29.3 Å². The molecule has 26 heavy (non-hydrogen) atoms. The average molecular weight is 410 g/mol.